The summed E-state index contributed by atoms with van der Waals surface area (Å²) < 4.78 is 38.1. The van der Waals surface area contributed by atoms with E-state index in [2.05, 4.69) is 15.1 Å². The van der Waals surface area contributed by atoms with Crippen LogP contribution in [0.25, 0.3) is 10.9 Å². The number of hydrogen-bond acceptors (Lipinski definition) is 3. The molecule has 0 saturated heterocycles. The molecule has 0 bridgehead atoms. The smallest absolute Gasteiger partial charge is 0.358 e. The SMILES string of the molecule is FC(F)(F)c1cnc(ON=C2CCCc3[nH]c4ccccc4c32)c(Cl)c1. The number of aryl methyl sites for hydroxylation is 1. The largest absolute Gasteiger partial charge is 0.417 e. The quantitative estimate of drug-likeness (QED) is 0.610. The molecule has 0 saturated carbocycles. The number of alkyl halides is 3. The molecule has 134 valence electrons. The molecule has 8 heteroatoms. The zero-order chi connectivity index (χ0) is 18.3. The lowest BCUT2D eigenvalue weighted by Crippen LogP contribution is -2.12. The van der Waals surface area contributed by atoms with Crippen molar-refractivity contribution >= 4 is 28.2 Å². The van der Waals surface area contributed by atoms with Gasteiger partial charge in [-0.05, 0) is 31.4 Å². The van der Waals surface area contributed by atoms with Crippen LogP contribution in [0.3, 0.4) is 0 Å². The average Bonchev–Trinajstić information content (AvgIpc) is 2.99. The van der Waals surface area contributed by atoms with Gasteiger partial charge >= 0.3 is 6.18 Å². The van der Waals surface area contributed by atoms with Crippen molar-refractivity contribution in [3.63, 3.8) is 0 Å². The molecule has 0 amide bonds. The number of halogens is 4. The number of aromatic amines is 1. The minimum absolute atomic E-state index is 0.154. The first-order valence-corrected chi connectivity index (χ1v) is 8.38. The number of hydrogen-bond donors (Lipinski definition) is 1. The summed E-state index contributed by atoms with van der Waals surface area (Å²) >= 11 is 5.86. The molecule has 0 radical (unpaired) electrons. The Morgan fingerprint density at radius 1 is 1.19 bits per heavy atom. The highest BCUT2D eigenvalue weighted by Gasteiger charge is 2.32. The number of fused-ring (bicyclic) bond motifs is 3. The number of para-hydroxylation sites is 1. The molecule has 0 spiro atoms. The number of rotatable bonds is 2. The van der Waals surface area contributed by atoms with Crippen LogP contribution < -0.4 is 4.84 Å². The average molecular weight is 380 g/mol. The fraction of sp³-hybridized carbons (Fsp3) is 0.222. The van der Waals surface area contributed by atoms with E-state index in [4.69, 9.17) is 16.4 Å². The normalized spacial score (nSPS) is 16.1. The van der Waals surface area contributed by atoms with Crippen LogP contribution in [-0.4, -0.2) is 15.7 Å². The second kappa shape index (κ2) is 6.32. The van der Waals surface area contributed by atoms with Crippen LogP contribution in [-0.2, 0) is 12.6 Å². The molecule has 2 heterocycles. The van der Waals surface area contributed by atoms with E-state index in [1.54, 1.807) is 0 Å². The Bertz CT molecular complexity index is 1010. The topological polar surface area (TPSA) is 50.3 Å². The highest BCUT2D eigenvalue weighted by Crippen LogP contribution is 2.34. The van der Waals surface area contributed by atoms with Crippen LogP contribution in [0.1, 0.15) is 29.7 Å². The predicted octanol–water partition coefficient (Wildman–Crippen LogP) is 5.35. The van der Waals surface area contributed by atoms with Crippen LogP contribution in [0, 0.1) is 0 Å². The van der Waals surface area contributed by atoms with Crippen molar-refractivity contribution in [3.05, 3.63) is 58.4 Å². The molecule has 26 heavy (non-hydrogen) atoms. The summed E-state index contributed by atoms with van der Waals surface area (Å²) in [5, 5.41) is 4.94. The molecule has 0 fully saturated rings. The monoisotopic (exact) mass is 379 g/mol. The van der Waals surface area contributed by atoms with Crippen LogP contribution in [0.15, 0.2) is 41.7 Å². The lowest BCUT2D eigenvalue weighted by atomic mass is 9.94. The van der Waals surface area contributed by atoms with E-state index >= 15 is 0 Å². The molecular formula is C18H13ClF3N3O. The Morgan fingerprint density at radius 2 is 2.00 bits per heavy atom. The summed E-state index contributed by atoms with van der Waals surface area (Å²) in [7, 11) is 0. The molecule has 2 aromatic heterocycles. The van der Waals surface area contributed by atoms with Gasteiger partial charge in [-0.25, -0.2) is 4.98 Å². The Morgan fingerprint density at radius 3 is 2.77 bits per heavy atom. The van der Waals surface area contributed by atoms with Gasteiger partial charge in [-0.3, -0.25) is 0 Å². The Hall–Kier alpha value is -2.54. The van der Waals surface area contributed by atoms with Gasteiger partial charge in [-0.2, -0.15) is 13.2 Å². The first kappa shape index (κ1) is 16.9. The highest BCUT2D eigenvalue weighted by atomic mass is 35.5. The molecule has 4 rings (SSSR count). The Balaban J connectivity index is 1.67. The molecule has 1 aliphatic rings. The lowest BCUT2D eigenvalue weighted by Gasteiger charge is -2.14. The summed E-state index contributed by atoms with van der Waals surface area (Å²) in [4.78, 5) is 12.3. The van der Waals surface area contributed by atoms with Gasteiger partial charge < -0.3 is 9.82 Å². The molecule has 0 unspecified atom stereocenters. The third-order valence-electron chi connectivity index (χ3n) is 4.29. The number of benzene rings is 1. The van der Waals surface area contributed by atoms with Crippen molar-refractivity contribution in [2.24, 2.45) is 5.16 Å². The summed E-state index contributed by atoms with van der Waals surface area (Å²) in [6.45, 7) is 0. The number of H-pyrrole nitrogens is 1. The maximum Gasteiger partial charge on any atom is 0.417 e. The predicted molar refractivity (Wildman–Crippen MR) is 92.7 cm³/mol. The van der Waals surface area contributed by atoms with E-state index in [1.807, 2.05) is 24.3 Å². The van der Waals surface area contributed by atoms with Gasteiger partial charge in [-0.1, -0.05) is 35.0 Å². The minimum atomic E-state index is -4.51. The van der Waals surface area contributed by atoms with E-state index in [0.29, 0.717) is 12.6 Å². The number of nitrogens with one attached hydrogen (secondary N) is 1. The van der Waals surface area contributed by atoms with Gasteiger partial charge in [0.2, 0.25) is 0 Å². The zero-order valence-electron chi connectivity index (χ0n) is 13.4. The van der Waals surface area contributed by atoms with Crippen molar-refractivity contribution in [1.82, 2.24) is 9.97 Å². The molecule has 0 aliphatic heterocycles. The zero-order valence-corrected chi connectivity index (χ0v) is 14.2. The Kier molecular flexibility index (Phi) is 4.11. The molecule has 1 aliphatic carbocycles. The lowest BCUT2D eigenvalue weighted by molar-refractivity contribution is -0.137. The Labute approximate surface area is 151 Å². The third kappa shape index (κ3) is 3.03. The minimum Gasteiger partial charge on any atom is -0.358 e. The molecule has 4 nitrogen and oxygen atoms in total. The van der Waals surface area contributed by atoms with Gasteiger partial charge in [-0.15, -0.1) is 0 Å². The number of pyridine rings is 1. The van der Waals surface area contributed by atoms with Gasteiger partial charge in [0, 0.05) is 28.4 Å². The third-order valence-corrected chi connectivity index (χ3v) is 4.56. The van der Waals surface area contributed by atoms with Crippen molar-refractivity contribution in [2.75, 3.05) is 0 Å². The standard InChI is InChI=1S/C18H13ClF3N3O/c19-12-8-10(18(20,21)22)9-23-17(12)26-25-15-7-3-6-14-16(15)11-4-1-2-5-13(11)24-14/h1-2,4-5,8-9,24H,3,6-7H2. The second-order valence-corrected chi connectivity index (χ2v) is 6.42. The van der Waals surface area contributed by atoms with Crippen molar-refractivity contribution in [2.45, 2.75) is 25.4 Å². The summed E-state index contributed by atoms with van der Waals surface area (Å²) in [6.07, 6.45) is -1.33. The van der Waals surface area contributed by atoms with E-state index < -0.39 is 11.7 Å². The number of nitrogens with zero attached hydrogens (tertiary/aromatic N) is 2. The first-order valence-electron chi connectivity index (χ1n) is 8.00. The number of oxime groups is 1. The van der Waals surface area contributed by atoms with Gasteiger partial charge in [0.15, 0.2) is 0 Å². The highest BCUT2D eigenvalue weighted by molar-refractivity contribution is 6.31. The van der Waals surface area contributed by atoms with Crippen molar-refractivity contribution < 1.29 is 18.0 Å². The fourth-order valence-corrected chi connectivity index (χ4v) is 3.31. The fourth-order valence-electron chi connectivity index (χ4n) is 3.11. The van der Waals surface area contributed by atoms with Gasteiger partial charge in [0.1, 0.15) is 5.02 Å². The van der Waals surface area contributed by atoms with Crippen molar-refractivity contribution in [3.8, 4) is 5.88 Å². The first-order chi connectivity index (χ1) is 12.4. The van der Waals surface area contributed by atoms with Crippen LogP contribution in [0.4, 0.5) is 13.2 Å². The van der Waals surface area contributed by atoms with E-state index in [9.17, 15) is 13.2 Å². The van der Waals surface area contributed by atoms with Crippen LogP contribution in [0.2, 0.25) is 5.02 Å². The summed E-state index contributed by atoms with van der Waals surface area (Å²) in [6, 6.07) is 8.65. The number of aromatic nitrogens is 2. The molecule has 1 aromatic carbocycles. The summed E-state index contributed by atoms with van der Waals surface area (Å²) in [5.41, 5.74) is 2.86. The summed E-state index contributed by atoms with van der Waals surface area (Å²) in [5.74, 6) is -0.154. The van der Waals surface area contributed by atoms with E-state index in [0.717, 1.165) is 46.8 Å². The van der Waals surface area contributed by atoms with Gasteiger partial charge in [0.05, 0.1) is 11.3 Å². The maximum atomic E-state index is 12.7. The van der Waals surface area contributed by atoms with Gasteiger partial charge in [0.25, 0.3) is 5.88 Å². The molecular weight excluding hydrogens is 367 g/mol. The van der Waals surface area contributed by atoms with Crippen molar-refractivity contribution in [1.29, 1.82) is 0 Å². The maximum absolute atomic E-state index is 12.7. The molecule has 1 N–H and O–H groups in total. The molecule has 3 aromatic rings. The van der Waals surface area contributed by atoms with Crippen LogP contribution >= 0.6 is 11.6 Å². The van der Waals surface area contributed by atoms with E-state index in [-0.39, 0.29) is 10.9 Å². The molecule has 0 atom stereocenters. The second-order valence-electron chi connectivity index (χ2n) is 6.02. The van der Waals surface area contributed by atoms with Crippen LogP contribution in [0.5, 0.6) is 5.88 Å². The van der Waals surface area contributed by atoms with E-state index in [1.165, 1.54) is 0 Å².